The lowest BCUT2D eigenvalue weighted by Crippen LogP contribution is -1.92. The molecular weight excluding hydrogens is 438 g/mol. The number of nitrogens with zero attached hydrogens (tertiary/aromatic N) is 1. The van der Waals surface area contributed by atoms with Crippen molar-refractivity contribution < 1.29 is 9.34 Å². The summed E-state index contributed by atoms with van der Waals surface area (Å²) >= 11 is 6.99. The first kappa shape index (κ1) is 15.4. The molecule has 24 heavy (non-hydrogen) atoms. The topological polar surface area (TPSA) is 56.3 Å². The van der Waals surface area contributed by atoms with Gasteiger partial charge in [0, 0.05) is 25.8 Å². The molecule has 0 N–H and O–H groups in total. The summed E-state index contributed by atoms with van der Waals surface area (Å²) in [7, 11) is 0. The van der Waals surface area contributed by atoms with E-state index in [1.54, 1.807) is 12.1 Å². The van der Waals surface area contributed by atoms with E-state index >= 15 is 0 Å². The third-order valence-corrected chi connectivity index (χ3v) is 5.24. The molecule has 118 valence electrons. The van der Waals surface area contributed by atoms with Crippen LogP contribution in [0.25, 0.3) is 33.1 Å². The molecule has 0 saturated carbocycles. The molecule has 0 bridgehead atoms. The zero-order chi connectivity index (χ0) is 16.8. The van der Waals surface area contributed by atoms with Crippen LogP contribution < -0.4 is 0 Å². The van der Waals surface area contributed by atoms with Gasteiger partial charge in [-0.2, -0.15) is 0 Å². The zero-order valence-electron chi connectivity index (χ0n) is 12.1. The van der Waals surface area contributed by atoms with Gasteiger partial charge in [0.15, 0.2) is 0 Å². The van der Waals surface area contributed by atoms with E-state index in [-0.39, 0.29) is 10.6 Å². The molecule has 0 atom stereocenters. The second-order valence-corrected chi connectivity index (χ2v) is 7.03. The van der Waals surface area contributed by atoms with Crippen molar-refractivity contribution in [3.63, 3.8) is 0 Å². The molecule has 0 radical (unpaired) electrons. The molecule has 0 amide bonds. The molecule has 4 aromatic rings. The Morgan fingerprint density at radius 3 is 2.46 bits per heavy atom. The fourth-order valence-corrected chi connectivity index (χ4v) is 4.04. The molecule has 4 rings (SSSR count). The Balaban J connectivity index is 2.06. The van der Waals surface area contributed by atoms with E-state index in [1.807, 2.05) is 36.4 Å². The van der Waals surface area contributed by atoms with Gasteiger partial charge in [0.25, 0.3) is 5.69 Å². The Morgan fingerprint density at radius 2 is 1.67 bits per heavy atom. The summed E-state index contributed by atoms with van der Waals surface area (Å²) in [6, 6.07) is 16.3. The first-order valence-electron chi connectivity index (χ1n) is 7.10. The summed E-state index contributed by atoms with van der Waals surface area (Å²) in [6.45, 7) is 0. The van der Waals surface area contributed by atoms with E-state index in [1.165, 1.54) is 6.07 Å². The zero-order valence-corrected chi connectivity index (χ0v) is 15.3. The number of halogens is 2. The first-order valence-corrected chi connectivity index (χ1v) is 8.69. The highest BCUT2D eigenvalue weighted by Gasteiger charge is 2.19. The summed E-state index contributed by atoms with van der Waals surface area (Å²) < 4.78 is 7.47. The summed E-state index contributed by atoms with van der Waals surface area (Å²) in [5.74, 6) is 0. The number of nitro benzene ring substituents is 1. The van der Waals surface area contributed by atoms with E-state index in [2.05, 4.69) is 31.9 Å². The lowest BCUT2D eigenvalue weighted by atomic mass is 10.0. The SMILES string of the molecule is O=[N+]([O-])c1cccc(Br)c1-c1ccc2oc3cccc(Br)c3c2c1. The molecule has 6 heteroatoms. The van der Waals surface area contributed by atoms with Gasteiger partial charge in [-0.25, -0.2) is 0 Å². The van der Waals surface area contributed by atoms with Crippen LogP contribution in [0.1, 0.15) is 0 Å². The molecule has 0 aliphatic heterocycles. The minimum absolute atomic E-state index is 0.0654. The number of fused-ring (bicyclic) bond motifs is 3. The maximum atomic E-state index is 11.4. The van der Waals surface area contributed by atoms with Gasteiger partial charge >= 0.3 is 0 Å². The minimum Gasteiger partial charge on any atom is -0.456 e. The lowest BCUT2D eigenvalue weighted by molar-refractivity contribution is -0.384. The third-order valence-electron chi connectivity index (χ3n) is 3.92. The predicted molar refractivity (Wildman–Crippen MR) is 101 cm³/mol. The maximum absolute atomic E-state index is 11.4. The van der Waals surface area contributed by atoms with Gasteiger partial charge in [-0.15, -0.1) is 0 Å². The number of furan rings is 1. The van der Waals surface area contributed by atoms with Crippen molar-refractivity contribution in [2.75, 3.05) is 0 Å². The van der Waals surface area contributed by atoms with E-state index < -0.39 is 0 Å². The van der Waals surface area contributed by atoms with E-state index in [0.29, 0.717) is 10.0 Å². The first-order chi connectivity index (χ1) is 11.6. The highest BCUT2D eigenvalue weighted by molar-refractivity contribution is 9.11. The van der Waals surface area contributed by atoms with Gasteiger partial charge in [-0.1, -0.05) is 34.1 Å². The van der Waals surface area contributed by atoms with Crippen molar-refractivity contribution in [1.29, 1.82) is 0 Å². The third kappa shape index (κ3) is 2.34. The monoisotopic (exact) mass is 445 g/mol. The van der Waals surface area contributed by atoms with Crippen LogP contribution in [-0.2, 0) is 0 Å². The molecule has 1 heterocycles. The van der Waals surface area contributed by atoms with Crippen LogP contribution >= 0.6 is 31.9 Å². The van der Waals surface area contributed by atoms with Gasteiger partial charge < -0.3 is 4.42 Å². The molecule has 0 saturated heterocycles. The highest BCUT2D eigenvalue weighted by Crippen LogP contribution is 2.40. The van der Waals surface area contributed by atoms with Crippen LogP contribution in [0.15, 0.2) is 68.0 Å². The smallest absolute Gasteiger partial charge is 0.278 e. The molecule has 4 nitrogen and oxygen atoms in total. The fraction of sp³-hybridized carbons (Fsp3) is 0. The predicted octanol–water partition coefficient (Wildman–Crippen LogP) is 6.69. The van der Waals surface area contributed by atoms with Crippen molar-refractivity contribution in [3.05, 3.63) is 73.7 Å². The van der Waals surface area contributed by atoms with Crippen LogP contribution in [0.5, 0.6) is 0 Å². The van der Waals surface area contributed by atoms with Crippen molar-refractivity contribution in [2.45, 2.75) is 0 Å². The number of nitro groups is 1. The summed E-state index contributed by atoms with van der Waals surface area (Å²) in [5.41, 5.74) is 2.91. The molecule has 0 spiro atoms. The largest absolute Gasteiger partial charge is 0.456 e. The van der Waals surface area contributed by atoms with E-state index in [0.717, 1.165) is 32.0 Å². The Kier molecular flexibility index (Phi) is 3.66. The van der Waals surface area contributed by atoms with Crippen molar-refractivity contribution in [1.82, 2.24) is 0 Å². The van der Waals surface area contributed by atoms with Crippen LogP contribution in [-0.4, -0.2) is 4.92 Å². The maximum Gasteiger partial charge on any atom is 0.278 e. The number of hydrogen-bond acceptors (Lipinski definition) is 3. The Labute approximate surface area is 153 Å². The fourth-order valence-electron chi connectivity index (χ4n) is 2.89. The molecule has 0 aliphatic rings. The van der Waals surface area contributed by atoms with E-state index in [4.69, 9.17) is 4.42 Å². The van der Waals surface area contributed by atoms with Gasteiger partial charge in [-0.05, 0) is 51.8 Å². The van der Waals surface area contributed by atoms with Crippen LogP contribution in [0, 0.1) is 10.1 Å². The number of hydrogen-bond donors (Lipinski definition) is 0. The second-order valence-electron chi connectivity index (χ2n) is 5.32. The average Bonchev–Trinajstić information content (AvgIpc) is 2.93. The molecular formula is C18H9Br2NO3. The van der Waals surface area contributed by atoms with Gasteiger partial charge in [-0.3, -0.25) is 10.1 Å². The van der Waals surface area contributed by atoms with Crippen LogP contribution in [0.2, 0.25) is 0 Å². The molecule has 0 unspecified atom stereocenters. The molecule has 0 aliphatic carbocycles. The number of benzene rings is 3. The van der Waals surface area contributed by atoms with Crippen LogP contribution in [0.3, 0.4) is 0 Å². The standard InChI is InChI=1S/C18H9Br2NO3/c19-12-3-1-5-14(21(22)23)17(12)10-7-8-15-11(9-10)18-13(20)4-2-6-16(18)24-15/h1-9H. The normalized spacial score (nSPS) is 11.2. The average molecular weight is 447 g/mol. The highest BCUT2D eigenvalue weighted by atomic mass is 79.9. The van der Waals surface area contributed by atoms with Crippen LogP contribution in [0.4, 0.5) is 5.69 Å². The van der Waals surface area contributed by atoms with Gasteiger partial charge in [0.05, 0.1) is 10.5 Å². The Hall–Kier alpha value is -2.18. The lowest BCUT2D eigenvalue weighted by Gasteiger charge is -2.06. The van der Waals surface area contributed by atoms with Crippen molar-refractivity contribution in [3.8, 4) is 11.1 Å². The Morgan fingerprint density at radius 1 is 0.917 bits per heavy atom. The Bertz CT molecular complexity index is 1120. The summed E-state index contributed by atoms with van der Waals surface area (Å²) in [6.07, 6.45) is 0. The second kappa shape index (κ2) is 5.72. The summed E-state index contributed by atoms with van der Waals surface area (Å²) in [4.78, 5) is 11.0. The van der Waals surface area contributed by atoms with Gasteiger partial charge in [0.1, 0.15) is 11.2 Å². The molecule has 0 fully saturated rings. The van der Waals surface area contributed by atoms with Crippen molar-refractivity contribution in [2.24, 2.45) is 0 Å². The van der Waals surface area contributed by atoms with Crippen molar-refractivity contribution >= 4 is 59.5 Å². The minimum atomic E-state index is -0.367. The van der Waals surface area contributed by atoms with E-state index in [9.17, 15) is 10.1 Å². The summed E-state index contributed by atoms with van der Waals surface area (Å²) in [5, 5.41) is 13.3. The molecule has 1 aromatic heterocycles. The quantitative estimate of drug-likeness (QED) is 0.254. The molecule has 3 aromatic carbocycles. The van der Waals surface area contributed by atoms with Gasteiger partial charge in [0.2, 0.25) is 0 Å². The number of rotatable bonds is 2.